The zero-order valence-corrected chi connectivity index (χ0v) is 13.9. The van der Waals surface area contributed by atoms with Crippen molar-refractivity contribution < 1.29 is 14.3 Å². The first-order chi connectivity index (χ1) is 9.84. The fourth-order valence-electron chi connectivity index (χ4n) is 4.61. The monoisotopic (exact) mass is 292 g/mol. The maximum Gasteiger partial charge on any atom is 0.164 e. The van der Waals surface area contributed by atoms with Crippen molar-refractivity contribution in [1.29, 1.82) is 0 Å². The summed E-state index contributed by atoms with van der Waals surface area (Å²) in [5.41, 5.74) is 1.44. The maximum atomic E-state index is 12.5. The quantitative estimate of drug-likeness (QED) is 0.588. The first kappa shape index (κ1) is 15.2. The number of hydrogen-bond acceptors (Lipinski definition) is 3. The molecule has 5 atom stereocenters. The Morgan fingerprint density at radius 2 is 2.10 bits per heavy atom. The Bertz CT molecular complexity index is 473. The van der Waals surface area contributed by atoms with Crippen molar-refractivity contribution in [1.82, 2.24) is 0 Å². The van der Waals surface area contributed by atoms with Crippen molar-refractivity contribution in [2.75, 3.05) is 7.11 Å². The Labute approximate surface area is 128 Å². The topological polar surface area (TPSA) is 38.8 Å². The van der Waals surface area contributed by atoms with Crippen LogP contribution >= 0.6 is 0 Å². The molecule has 0 N–H and O–H groups in total. The fourth-order valence-corrected chi connectivity index (χ4v) is 4.61. The van der Waals surface area contributed by atoms with Crippen molar-refractivity contribution >= 4 is 5.78 Å². The number of carbonyl (C=O) groups is 1. The van der Waals surface area contributed by atoms with Gasteiger partial charge in [0.1, 0.15) is 6.10 Å². The molecule has 1 heterocycles. The second kappa shape index (κ2) is 4.92. The van der Waals surface area contributed by atoms with Gasteiger partial charge in [-0.3, -0.25) is 4.79 Å². The first-order valence-electron chi connectivity index (χ1n) is 8.22. The molecule has 2 aliphatic carbocycles. The van der Waals surface area contributed by atoms with Crippen LogP contribution in [-0.2, 0) is 14.3 Å². The lowest BCUT2D eigenvalue weighted by Crippen LogP contribution is -2.52. The predicted octanol–water partition coefficient (Wildman–Crippen LogP) is 3.52. The number of ketones is 1. The van der Waals surface area contributed by atoms with Gasteiger partial charge >= 0.3 is 0 Å². The average molecular weight is 292 g/mol. The minimum absolute atomic E-state index is 0.132. The molecule has 3 fully saturated rings. The van der Waals surface area contributed by atoms with Crippen LogP contribution < -0.4 is 0 Å². The number of allylic oxidation sites excluding steroid dienone is 1. The maximum absolute atomic E-state index is 12.5. The summed E-state index contributed by atoms with van der Waals surface area (Å²) in [6, 6.07) is 0. The number of epoxide rings is 1. The van der Waals surface area contributed by atoms with Crippen molar-refractivity contribution in [2.45, 2.75) is 71.2 Å². The molecule has 0 bridgehead atoms. The highest BCUT2D eigenvalue weighted by atomic mass is 16.6. The molecule has 1 saturated heterocycles. The van der Waals surface area contributed by atoms with E-state index in [2.05, 4.69) is 33.8 Å². The summed E-state index contributed by atoms with van der Waals surface area (Å²) in [7, 11) is 1.68. The third-order valence-corrected chi connectivity index (χ3v) is 5.92. The van der Waals surface area contributed by atoms with E-state index in [0.29, 0.717) is 5.41 Å². The highest BCUT2D eigenvalue weighted by Crippen LogP contribution is 2.67. The molecule has 0 unspecified atom stereocenters. The van der Waals surface area contributed by atoms with Crippen molar-refractivity contribution in [2.24, 2.45) is 17.3 Å². The highest BCUT2D eigenvalue weighted by molar-refractivity contribution is 5.87. The van der Waals surface area contributed by atoms with E-state index < -0.39 is 0 Å². The van der Waals surface area contributed by atoms with Gasteiger partial charge in [-0.2, -0.15) is 0 Å². The summed E-state index contributed by atoms with van der Waals surface area (Å²) < 4.78 is 11.8. The lowest BCUT2D eigenvalue weighted by atomic mass is 9.64. The second-order valence-corrected chi connectivity index (χ2v) is 7.81. The van der Waals surface area contributed by atoms with Gasteiger partial charge in [0, 0.05) is 18.9 Å². The number of carbonyl (C=O) groups excluding carboxylic acids is 1. The zero-order valence-electron chi connectivity index (χ0n) is 13.9. The van der Waals surface area contributed by atoms with Crippen LogP contribution in [0.1, 0.15) is 53.4 Å². The number of Topliss-reactive ketones (excluding diaryl/α,β-unsaturated/α-hetero) is 1. The molecule has 21 heavy (non-hydrogen) atoms. The van der Waals surface area contributed by atoms with Gasteiger partial charge in [-0.15, -0.1) is 0 Å². The molecule has 0 radical (unpaired) electrons. The van der Waals surface area contributed by atoms with Gasteiger partial charge in [-0.05, 0) is 51.9 Å². The Kier molecular flexibility index (Phi) is 3.57. The van der Waals surface area contributed by atoms with Gasteiger partial charge < -0.3 is 9.47 Å². The molecule has 0 aromatic rings. The molecule has 3 nitrogen and oxygen atoms in total. The summed E-state index contributed by atoms with van der Waals surface area (Å²) >= 11 is 0. The molecule has 2 saturated carbocycles. The fraction of sp³-hybridized carbons (Fsp3) is 0.833. The Morgan fingerprint density at radius 1 is 1.43 bits per heavy atom. The van der Waals surface area contributed by atoms with E-state index in [4.69, 9.17) is 9.47 Å². The molecule has 3 aliphatic rings. The largest absolute Gasteiger partial charge is 0.373 e. The summed E-state index contributed by atoms with van der Waals surface area (Å²) in [6.07, 6.45) is 6.62. The molecule has 1 spiro atoms. The Morgan fingerprint density at radius 3 is 2.62 bits per heavy atom. The van der Waals surface area contributed by atoms with Crippen LogP contribution in [0.2, 0.25) is 0 Å². The van der Waals surface area contributed by atoms with Crippen LogP contribution in [0.25, 0.3) is 0 Å². The van der Waals surface area contributed by atoms with Crippen LogP contribution in [0.5, 0.6) is 0 Å². The lowest BCUT2D eigenvalue weighted by Gasteiger charge is -2.42. The van der Waals surface area contributed by atoms with Crippen LogP contribution in [0, 0.1) is 17.3 Å². The van der Waals surface area contributed by atoms with E-state index in [1.165, 1.54) is 18.4 Å². The van der Waals surface area contributed by atoms with Crippen molar-refractivity contribution in [3.63, 3.8) is 0 Å². The minimum Gasteiger partial charge on any atom is -0.373 e. The summed E-state index contributed by atoms with van der Waals surface area (Å²) in [4.78, 5) is 12.5. The molecular weight excluding hydrogens is 264 g/mol. The van der Waals surface area contributed by atoms with Crippen LogP contribution in [0.15, 0.2) is 11.6 Å². The van der Waals surface area contributed by atoms with E-state index in [0.717, 1.165) is 12.8 Å². The Hall–Kier alpha value is -0.670. The molecule has 118 valence electrons. The highest BCUT2D eigenvalue weighted by Gasteiger charge is 2.71. The molecule has 1 aliphatic heterocycles. The molecule has 0 aromatic heterocycles. The van der Waals surface area contributed by atoms with E-state index in [-0.39, 0.29) is 35.4 Å². The Balaban J connectivity index is 1.82. The standard InChI is InChI=1S/C18H28O3/c1-11(2)6-7-13-17(4,21-13)16-15(20-5)14(19)12(3)10-18(16)8-9-18/h6,12-13,15-16H,7-10H2,1-5H3/t12-,13+,15+,16+,17-/m0/s1. The third kappa shape index (κ3) is 2.39. The molecular formula is C18H28O3. The van der Waals surface area contributed by atoms with Crippen LogP contribution in [0.3, 0.4) is 0 Å². The third-order valence-electron chi connectivity index (χ3n) is 5.92. The van der Waals surface area contributed by atoms with E-state index in [9.17, 15) is 4.79 Å². The molecule has 0 amide bonds. The summed E-state index contributed by atoms with van der Waals surface area (Å²) in [5.74, 6) is 0.638. The van der Waals surface area contributed by atoms with Crippen LogP contribution in [-0.4, -0.2) is 30.7 Å². The van der Waals surface area contributed by atoms with Gasteiger partial charge in [0.05, 0.1) is 11.7 Å². The lowest BCUT2D eigenvalue weighted by molar-refractivity contribution is -0.148. The van der Waals surface area contributed by atoms with E-state index >= 15 is 0 Å². The summed E-state index contributed by atoms with van der Waals surface area (Å²) in [5, 5.41) is 0. The number of ether oxygens (including phenoxy) is 2. The molecule has 3 rings (SSSR count). The SMILES string of the molecule is CO[C@@H]1C(=O)[C@@H](C)CC2(CC2)[C@H]1[C@@]1(C)O[C@@H]1CC=C(C)C. The zero-order chi connectivity index (χ0) is 15.4. The van der Waals surface area contributed by atoms with E-state index in [1.54, 1.807) is 7.11 Å². The van der Waals surface area contributed by atoms with Gasteiger partial charge in [-0.25, -0.2) is 0 Å². The van der Waals surface area contributed by atoms with E-state index in [1.807, 2.05) is 0 Å². The van der Waals surface area contributed by atoms with Crippen molar-refractivity contribution in [3.05, 3.63) is 11.6 Å². The van der Waals surface area contributed by atoms with Crippen LogP contribution in [0.4, 0.5) is 0 Å². The van der Waals surface area contributed by atoms with Gasteiger partial charge in [0.25, 0.3) is 0 Å². The number of hydrogen-bond donors (Lipinski definition) is 0. The van der Waals surface area contributed by atoms with Gasteiger partial charge in [-0.1, -0.05) is 18.6 Å². The smallest absolute Gasteiger partial charge is 0.164 e. The minimum atomic E-state index is -0.280. The second-order valence-electron chi connectivity index (χ2n) is 7.81. The van der Waals surface area contributed by atoms with Gasteiger partial charge in [0.2, 0.25) is 0 Å². The normalized spacial score (nSPS) is 43.8. The summed E-state index contributed by atoms with van der Waals surface area (Å²) in [6.45, 7) is 8.48. The average Bonchev–Trinajstić information content (AvgIpc) is 3.31. The van der Waals surface area contributed by atoms with Crippen molar-refractivity contribution in [3.8, 4) is 0 Å². The molecule has 0 aromatic carbocycles. The van der Waals surface area contributed by atoms with Gasteiger partial charge in [0.15, 0.2) is 5.78 Å². The number of rotatable bonds is 4. The predicted molar refractivity (Wildman–Crippen MR) is 82.1 cm³/mol. The molecule has 3 heteroatoms. The number of methoxy groups -OCH3 is 1. The first-order valence-corrected chi connectivity index (χ1v) is 8.22.